The molecule has 0 bridgehead atoms. The number of benzene rings is 1. The van der Waals surface area contributed by atoms with Gasteiger partial charge in [0.1, 0.15) is 0 Å². The highest BCUT2D eigenvalue weighted by Gasteiger charge is 2.17. The molecule has 0 atom stereocenters. The van der Waals surface area contributed by atoms with Gasteiger partial charge in [-0.05, 0) is 24.3 Å². The van der Waals surface area contributed by atoms with Crippen LogP contribution in [0.2, 0.25) is 0 Å². The third-order valence-corrected chi connectivity index (χ3v) is 2.79. The average Bonchev–Trinajstić information content (AvgIpc) is 2.62. The first-order chi connectivity index (χ1) is 6.81. The van der Waals surface area contributed by atoms with Crippen LogP contribution >= 0.6 is 24.2 Å². The van der Waals surface area contributed by atoms with Crippen molar-refractivity contribution in [3.63, 3.8) is 0 Å². The highest BCUT2D eigenvalue weighted by atomic mass is 35.5. The van der Waals surface area contributed by atoms with E-state index < -0.39 is 0 Å². The first-order valence-corrected chi connectivity index (χ1v) is 5.77. The van der Waals surface area contributed by atoms with Gasteiger partial charge in [0.05, 0.1) is 5.69 Å². The molecule has 1 heterocycles. The van der Waals surface area contributed by atoms with E-state index in [0.29, 0.717) is 5.17 Å². The van der Waals surface area contributed by atoms with Gasteiger partial charge in [0.25, 0.3) is 0 Å². The van der Waals surface area contributed by atoms with Gasteiger partial charge in [-0.25, -0.2) is 0 Å². The summed E-state index contributed by atoms with van der Waals surface area (Å²) in [4.78, 5) is 0. The molecule has 15 heavy (non-hydrogen) atoms. The number of nitrogens with zero attached hydrogens (tertiary/aromatic N) is 2. The van der Waals surface area contributed by atoms with Crippen LogP contribution in [0.4, 0.5) is 5.69 Å². The number of halogens is 1. The molecule has 0 aliphatic carbocycles. The van der Waals surface area contributed by atoms with Gasteiger partial charge in [-0.1, -0.05) is 30.0 Å². The Morgan fingerprint density at radius 2 is 2.20 bits per heavy atom. The fourth-order valence-corrected chi connectivity index (χ4v) is 1.76. The summed E-state index contributed by atoms with van der Waals surface area (Å²) in [5, 5.41) is 6.91. The zero-order valence-corrected chi connectivity index (χ0v) is 10.1. The van der Waals surface area contributed by atoms with Gasteiger partial charge in [0.15, 0.2) is 5.17 Å². The highest BCUT2D eigenvalue weighted by molar-refractivity contribution is 8.13. The lowest BCUT2D eigenvalue weighted by Gasteiger charge is -2.12. The van der Waals surface area contributed by atoms with E-state index in [2.05, 4.69) is 23.3 Å². The molecule has 82 valence electrons. The molecule has 0 amide bonds. The average molecular weight is 244 g/mol. The van der Waals surface area contributed by atoms with Crippen molar-refractivity contribution in [2.45, 2.75) is 6.42 Å². The topological polar surface area (TPSA) is 41.6 Å². The number of thioether (sulfide) groups is 1. The monoisotopic (exact) mass is 243 g/mol. The highest BCUT2D eigenvalue weighted by Crippen LogP contribution is 2.27. The Hall–Kier alpha value is -0.870. The molecule has 2 N–H and O–H groups in total. The number of hydrogen-bond donors (Lipinski definition) is 1. The van der Waals surface area contributed by atoms with Crippen molar-refractivity contribution in [2.24, 2.45) is 10.8 Å². The lowest BCUT2D eigenvalue weighted by atomic mass is 10.2. The van der Waals surface area contributed by atoms with Gasteiger partial charge in [0, 0.05) is 6.54 Å². The fourth-order valence-electron chi connectivity index (χ4n) is 1.58. The molecule has 0 aromatic heterocycles. The molecule has 0 spiro atoms. The molecule has 0 saturated carbocycles. The largest absolute Gasteiger partial charge is 0.377 e. The van der Waals surface area contributed by atoms with Gasteiger partial charge in [-0.2, -0.15) is 0 Å². The number of fused-ring (bicyclic) bond motifs is 1. The summed E-state index contributed by atoms with van der Waals surface area (Å²) >= 11 is 1.47. The summed E-state index contributed by atoms with van der Waals surface area (Å²) in [6.45, 7) is 0.931. The molecule has 1 aliphatic heterocycles. The van der Waals surface area contributed by atoms with Crippen LogP contribution in [0.25, 0.3) is 0 Å². The standard InChI is InChI=1S/C10H13N3S.ClH/c1-14-10(11)12-13-7-6-8-4-2-3-5-9(8)13;/h2-5H,6-7H2,1H3,(H2,11,12);1H. The van der Waals surface area contributed by atoms with E-state index in [1.54, 1.807) is 0 Å². The van der Waals surface area contributed by atoms with Crippen molar-refractivity contribution in [1.82, 2.24) is 0 Å². The van der Waals surface area contributed by atoms with Gasteiger partial charge < -0.3 is 5.73 Å². The van der Waals surface area contributed by atoms with Crippen LogP contribution in [0, 0.1) is 0 Å². The third kappa shape index (κ3) is 2.58. The zero-order valence-electron chi connectivity index (χ0n) is 8.51. The molecule has 5 heteroatoms. The second-order valence-corrected chi connectivity index (χ2v) is 3.97. The van der Waals surface area contributed by atoms with Gasteiger partial charge >= 0.3 is 0 Å². The quantitative estimate of drug-likeness (QED) is 0.607. The van der Waals surface area contributed by atoms with E-state index >= 15 is 0 Å². The maximum atomic E-state index is 5.68. The lowest BCUT2D eigenvalue weighted by molar-refractivity contribution is 0.893. The predicted octanol–water partition coefficient (Wildman–Crippen LogP) is 2.06. The van der Waals surface area contributed by atoms with E-state index in [1.165, 1.54) is 23.0 Å². The van der Waals surface area contributed by atoms with Gasteiger partial charge in [-0.15, -0.1) is 17.5 Å². The number of hydrazone groups is 1. The van der Waals surface area contributed by atoms with Crippen LogP contribution < -0.4 is 10.7 Å². The van der Waals surface area contributed by atoms with Crippen molar-refractivity contribution in [2.75, 3.05) is 17.8 Å². The zero-order chi connectivity index (χ0) is 9.97. The normalized spacial score (nSPS) is 14.7. The lowest BCUT2D eigenvalue weighted by Crippen LogP contribution is -2.18. The second kappa shape index (κ2) is 5.28. The molecule has 1 aromatic rings. The van der Waals surface area contributed by atoms with E-state index in [4.69, 9.17) is 5.73 Å². The van der Waals surface area contributed by atoms with Crippen LogP contribution in [-0.4, -0.2) is 18.0 Å². The summed E-state index contributed by atoms with van der Waals surface area (Å²) in [5.41, 5.74) is 8.22. The maximum absolute atomic E-state index is 5.68. The van der Waals surface area contributed by atoms with Gasteiger partial charge in [-0.3, -0.25) is 5.01 Å². The maximum Gasteiger partial charge on any atom is 0.178 e. The SMILES string of the molecule is CSC(N)=NN1CCc2ccccc21.Cl. The Morgan fingerprint density at radius 1 is 1.47 bits per heavy atom. The summed E-state index contributed by atoms with van der Waals surface area (Å²) in [6.07, 6.45) is 2.99. The van der Waals surface area contributed by atoms with Crippen molar-refractivity contribution in [1.29, 1.82) is 0 Å². The van der Waals surface area contributed by atoms with E-state index in [9.17, 15) is 0 Å². The summed E-state index contributed by atoms with van der Waals surface area (Å²) in [6, 6.07) is 8.31. The Balaban J connectivity index is 0.00000112. The number of hydrogen-bond acceptors (Lipinski definition) is 3. The molecule has 1 aliphatic rings. The first-order valence-electron chi connectivity index (χ1n) is 4.55. The smallest absolute Gasteiger partial charge is 0.178 e. The molecule has 3 nitrogen and oxygen atoms in total. The van der Waals surface area contributed by atoms with Crippen LogP contribution in [0.3, 0.4) is 0 Å². The fraction of sp³-hybridized carbons (Fsp3) is 0.300. The van der Waals surface area contributed by atoms with Crippen molar-refractivity contribution in [3.05, 3.63) is 29.8 Å². The number of para-hydroxylation sites is 1. The predicted molar refractivity (Wildman–Crippen MR) is 69.9 cm³/mol. The molecule has 1 aromatic carbocycles. The molecule has 0 radical (unpaired) electrons. The van der Waals surface area contributed by atoms with Crippen molar-refractivity contribution < 1.29 is 0 Å². The number of amidine groups is 1. The molecular formula is C10H14ClN3S. The van der Waals surface area contributed by atoms with E-state index in [0.717, 1.165) is 13.0 Å². The Bertz CT molecular complexity index is 367. The molecule has 0 unspecified atom stereocenters. The Labute approximate surface area is 100 Å². The van der Waals surface area contributed by atoms with Crippen LogP contribution in [0.1, 0.15) is 5.56 Å². The van der Waals surface area contributed by atoms with E-state index in [-0.39, 0.29) is 12.4 Å². The van der Waals surface area contributed by atoms with E-state index in [1.807, 2.05) is 17.3 Å². The minimum Gasteiger partial charge on any atom is -0.377 e. The molecule has 0 fully saturated rings. The number of nitrogens with two attached hydrogens (primary N) is 1. The summed E-state index contributed by atoms with van der Waals surface area (Å²) in [7, 11) is 0. The number of rotatable bonds is 1. The Morgan fingerprint density at radius 3 is 2.93 bits per heavy atom. The first kappa shape index (κ1) is 12.2. The summed E-state index contributed by atoms with van der Waals surface area (Å²) < 4.78 is 0. The molecule has 0 saturated heterocycles. The van der Waals surface area contributed by atoms with Crippen LogP contribution in [-0.2, 0) is 6.42 Å². The van der Waals surface area contributed by atoms with Gasteiger partial charge in [0.2, 0.25) is 0 Å². The Kier molecular flexibility index (Phi) is 4.29. The summed E-state index contributed by atoms with van der Waals surface area (Å²) in [5.74, 6) is 0. The minimum absolute atomic E-state index is 0. The molecular weight excluding hydrogens is 230 g/mol. The van der Waals surface area contributed by atoms with Crippen LogP contribution in [0.5, 0.6) is 0 Å². The molecule has 2 rings (SSSR count). The number of anilines is 1. The third-order valence-electron chi connectivity index (χ3n) is 2.29. The second-order valence-electron chi connectivity index (χ2n) is 3.14. The van der Waals surface area contributed by atoms with Crippen molar-refractivity contribution in [3.8, 4) is 0 Å². The van der Waals surface area contributed by atoms with Crippen molar-refractivity contribution >= 4 is 35.0 Å². The van der Waals surface area contributed by atoms with Crippen LogP contribution in [0.15, 0.2) is 29.4 Å². The minimum atomic E-state index is 0.